The molecule has 1 fully saturated rings. The molecule has 1 unspecified atom stereocenters. The van der Waals surface area contributed by atoms with E-state index in [0.29, 0.717) is 5.92 Å². The highest BCUT2D eigenvalue weighted by Gasteiger charge is 2.43. The van der Waals surface area contributed by atoms with E-state index in [9.17, 15) is 0 Å². The molecule has 2 aliphatic rings. The summed E-state index contributed by atoms with van der Waals surface area (Å²) >= 11 is 0. The van der Waals surface area contributed by atoms with Crippen molar-refractivity contribution in [2.45, 2.75) is 31.3 Å². The molecule has 1 spiro atoms. The van der Waals surface area contributed by atoms with Crippen molar-refractivity contribution in [1.82, 2.24) is 0 Å². The Hall–Kier alpha value is -0.840. The Balaban J connectivity index is 1.99. The molecule has 1 aliphatic carbocycles. The van der Waals surface area contributed by atoms with Crippen LogP contribution in [0.2, 0.25) is 0 Å². The number of nitrogens with zero attached hydrogens (tertiary/aromatic N) is 2. The van der Waals surface area contributed by atoms with Crippen LogP contribution >= 0.6 is 0 Å². The van der Waals surface area contributed by atoms with Crippen LogP contribution in [0.25, 0.3) is 0 Å². The minimum absolute atomic E-state index is 0.00921. The first-order chi connectivity index (χ1) is 4.85. The van der Waals surface area contributed by atoms with Gasteiger partial charge in [0.1, 0.15) is 0 Å². The Morgan fingerprint density at radius 1 is 1.50 bits per heavy atom. The van der Waals surface area contributed by atoms with E-state index in [0.717, 1.165) is 12.8 Å². The second-order valence-corrected chi connectivity index (χ2v) is 3.14. The van der Waals surface area contributed by atoms with Gasteiger partial charge in [0.2, 0.25) is 0 Å². The van der Waals surface area contributed by atoms with Gasteiger partial charge in [-0.25, -0.2) is 0 Å². The summed E-state index contributed by atoms with van der Waals surface area (Å²) in [5.41, 5.74) is 0.00921. The highest BCUT2D eigenvalue weighted by molar-refractivity contribution is 5.05. The largest absolute Gasteiger partial charge is 0.192 e. The molecule has 1 aliphatic heterocycles. The molecule has 1 saturated carbocycles. The lowest BCUT2D eigenvalue weighted by atomic mass is 9.84. The van der Waals surface area contributed by atoms with Gasteiger partial charge in [0.15, 0.2) is 5.66 Å². The third kappa shape index (κ3) is 0.824. The van der Waals surface area contributed by atoms with Gasteiger partial charge >= 0.3 is 0 Å². The van der Waals surface area contributed by atoms with Crippen LogP contribution in [0.5, 0.6) is 0 Å². The molecule has 2 heteroatoms. The molecule has 0 aromatic carbocycles. The molecule has 0 radical (unpaired) electrons. The second-order valence-electron chi connectivity index (χ2n) is 3.14. The maximum atomic E-state index is 5.32. The van der Waals surface area contributed by atoms with Crippen LogP contribution in [0.3, 0.4) is 0 Å². The van der Waals surface area contributed by atoms with Crippen LogP contribution in [0.15, 0.2) is 10.2 Å². The maximum absolute atomic E-state index is 5.32. The fraction of sp³-hybridized carbons (Fsp3) is 0.750. The summed E-state index contributed by atoms with van der Waals surface area (Å²) in [5.74, 6) is 3.21. The van der Waals surface area contributed by atoms with Crippen molar-refractivity contribution >= 4 is 0 Å². The number of hydrogen-bond acceptors (Lipinski definition) is 2. The fourth-order valence-electron chi connectivity index (χ4n) is 1.62. The van der Waals surface area contributed by atoms with Crippen LogP contribution < -0.4 is 0 Å². The van der Waals surface area contributed by atoms with Gasteiger partial charge in [-0.2, -0.15) is 10.2 Å². The van der Waals surface area contributed by atoms with Crippen molar-refractivity contribution < 1.29 is 0 Å². The Kier molecular flexibility index (Phi) is 1.08. The smallest absolute Gasteiger partial charge is 0.159 e. The number of hydrogen-bond donors (Lipinski definition) is 0. The summed E-state index contributed by atoms with van der Waals surface area (Å²) < 4.78 is 0. The molecule has 1 heterocycles. The second kappa shape index (κ2) is 1.82. The van der Waals surface area contributed by atoms with Crippen LogP contribution in [-0.2, 0) is 0 Å². The van der Waals surface area contributed by atoms with Crippen LogP contribution in [-0.4, -0.2) is 5.66 Å². The van der Waals surface area contributed by atoms with E-state index in [1.165, 1.54) is 12.8 Å². The average molecular weight is 134 g/mol. The summed E-state index contributed by atoms with van der Waals surface area (Å²) in [6.45, 7) is 0. The molecule has 1 atom stereocenters. The van der Waals surface area contributed by atoms with Crippen molar-refractivity contribution in [2.24, 2.45) is 16.1 Å². The van der Waals surface area contributed by atoms with Gasteiger partial charge in [0.05, 0.1) is 0 Å². The van der Waals surface area contributed by atoms with E-state index >= 15 is 0 Å². The van der Waals surface area contributed by atoms with Gasteiger partial charge in [-0.1, -0.05) is 0 Å². The van der Waals surface area contributed by atoms with Crippen LogP contribution in [0.4, 0.5) is 0 Å². The zero-order chi connectivity index (χ0) is 7.03. The van der Waals surface area contributed by atoms with E-state index in [1.807, 2.05) is 0 Å². The third-order valence-electron chi connectivity index (χ3n) is 2.32. The zero-order valence-corrected chi connectivity index (χ0v) is 5.88. The van der Waals surface area contributed by atoms with Crippen molar-refractivity contribution in [3.8, 4) is 12.3 Å². The lowest BCUT2D eigenvalue weighted by molar-refractivity contribution is 0.343. The normalized spacial score (nSPS) is 33.7. The summed E-state index contributed by atoms with van der Waals surface area (Å²) in [6.07, 6.45) is 9.82. The monoisotopic (exact) mass is 134 g/mol. The zero-order valence-electron chi connectivity index (χ0n) is 5.88. The quantitative estimate of drug-likeness (QED) is 0.452. The van der Waals surface area contributed by atoms with Crippen molar-refractivity contribution in [2.75, 3.05) is 0 Å². The number of terminal acetylenes is 1. The lowest BCUT2D eigenvalue weighted by Gasteiger charge is -2.21. The van der Waals surface area contributed by atoms with Crippen LogP contribution in [0.1, 0.15) is 25.7 Å². The fourth-order valence-corrected chi connectivity index (χ4v) is 1.62. The van der Waals surface area contributed by atoms with Crippen LogP contribution in [0, 0.1) is 18.3 Å². The molecular formula is C8H10N2. The molecule has 0 saturated heterocycles. The first kappa shape index (κ1) is 5.91. The van der Waals surface area contributed by atoms with Crippen molar-refractivity contribution in [1.29, 1.82) is 0 Å². The van der Waals surface area contributed by atoms with Gasteiger partial charge in [0.25, 0.3) is 0 Å². The predicted octanol–water partition coefficient (Wildman–Crippen LogP) is 1.97. The molecule has 52 valence electrons. The Morgan fingerprint density at radius 3 is 2.90 bits per heavy atom. The van der Waals surface area contributed by atoms with Crippen molar-refractivity contribution in [3.63, 3.8) is 0 Å². The summed E-state index contributed by atoms with van der Waals surface area (Å²) in [5, 5.41) is 8.04. The predicted molar refractivity (Wildman–Crippen MR) is 38.4 cm³/mol. The Bertz CT molecular complexity index is 206. The Morgan fingerprint density at radius 2 is 2.30 bits per heavy atom. The molecule has 0 bridgehead atoms. The first-order valence-corrected chi connectivity index (χ1v) is 3.75. The molecule has 0 aromatic rings. The molecule has 10 heavy (non-hydrogen) atoms. The molecular weight excluding hydrogens is 124 g/mol. The molecule has 0 amide bonds. The summed E-state index contributed by atoms with van der Waals surface area (Å²) in [4.78, 5) is 0. The standard InChI is InChI=1S/C8H10N2/c1-2-7-4-3-5-8(6-7)9-10-8/h1,7H,3-6H2. The first-order valence-electron chi connectivity index (χ1n) is 3.75. The van der Waals surface area contributed by atoms with Gasteiger partial charge in [-0.15, -0.1) is 12.3 Å². The molecule has 2 rings (SSSR count). The van der Waals surface area contributed by atoms with E-state index in [1.54, 1.807) is 0 Å². The molecule has 0 N–H and O–H groups in total. The van der Waals surface area contributed by atoms with Gasteiger partial charge < -0.3 is 0 Å². The highest BCUT2D eigenvalue weighted by Crippen LogP contribution is 2.44. The molecule has 0 aromatic heterocycles. The van der Waals surface area contributed by atoms with E-state index in [2.05, 4.69) is 16.1 Å². The minimum atomic E-state index is 0.00921. The summed E-state index contributed by atoms with van der Waals surface area (Å²) in [6, 6.07) is 0. The molecule has 2 nitrogen and oxygen atoms in total. The SMILES string of the molecule is C#CC1CCCC2(C1)N=N2. The maximum Gasteiger partial charge on any atom is 0.192 e. The number of rotatable bonds is 0. The van der Waals surface area contributed by atoms with Crippen molar-refractivity contribution in [3.05, 3.63) is 0 Å². The van der Waals surface area contributed by atoms with Gasteiger partial charge in [-0.05, 0) is 19.3 Å². The topological polar surface area (TPSA) is 24.7 Å². The van der Waals surface area contributed by atoms with E-state index < -0.39 is 0 Å². The van der Waals surface area contributed by atoms with E-state index in [-0.39, 0.29) is 5.66 Å². The Labute approximate surface area is 60.7 Å². The minimum Gasteiger partial charge on any atom is -0.159 e. The third-order valence-corrected chi connectivity index (χ3v) is 2.32. The average Bonchev–Trinajstić information content (AvgIpc) is 2.70. The summed E-state index contributed by atoms with van der Waals surface area (Å²) in [7, 11) is 0. The van der Waals surface area contributed by atoms with Gasteiger partial charge in [0, 0.05) is 12.3 Å². The highest BCUT2D eigenvalue weighted by atomic mass is 15.4. The van der Waals surface area contributed by atoms with E-state index in [4.69, 9.17) is 6.42 Å². The lowest BCUT2D eigenvalue weighted by Crippen LogP contribution is -2.21. The van der Waals surface area contributed by atoms with Gasteiger partial charge in [-0.3, -0.25) is 0 Å².